The lowest BCUT2D eigenvalue weighted by Crippen LogP contribution is -2.36. The van der Waals surface area contributed by atoms with Crippen molar-refractivity contribution in [3.05, 3.63) is 34.7 Å². The van der Waals surface area contributed by atoms with E-state index >= 15 is 0 Å². The van der Waals surface area contributed by atoms with Crippen LogP contribution in [-0.2, 0) is 10.2 Å². The van der Waals surface area contributed by atoms with Crippen LogP contribution in [0.3, 0.4) is 0 Å². The van der Waals surface area contributed by atoms with Gasteiger partial charge in [-0.1, -0.05) is 19.1 Å². The number of aryl methyl sites for hydroxylation is 2. The van der Waals surface area contributed by atoms with Gasteiger partial charge in [-0.15, -0.1) is 0 Å². The average molecular weight is 246 g/mol. The van der Waals surface area contributed by atoms with Crippen molar-refractivity contribution in [1.29, 1.82) is 0 Å². The second-order valence-corrected chi connectivity index (χ2v) is 5.11. The Labute approximate surface area is 109 Å². The predicted octanol–water partition coefficient (Wildman–Crippen LogP) is 2.88. The molecule has 0 spiro atoms. The zero-order valence-corrected chi connectivity index (χ0v) is 11.9. The molecule has 98 valence electrons. The van der Waals surface area contributed by atoms with Crippen LogP contribution in [0.2, 0.25) is 0 Å². The highest BCUT2D eigenvalue weighted by atomic mass is 16.1. The first kappa shape index (κ1) is 14.4. The van der Waals surface area contributed by atoms with Crippen LogP contribution in [0.5, 0.6) is 0 Å². The minimum absolute atomic E-state index is 0.321. The summed E-state index contributed by atoms with van der Waals surface area (Å²) in [7, 11) is 0. The van der Waals surface area contributed by atoms with Crippen molar-refractivity contribution in [2.45, 2.75) is 46.5 Å². The fourth-order valence-corrected chi connectivity index (χ4v) is 1.93. The van der Waals surface area contributed by atoms with Gasteiger partial charge in [0.25, 0.3) is 0 Å². The third kappa shape index (κ3) is 2.78. The minimum Gasteiger partial charge on any atom is -0.369 e. The molecule has 0 saturated heterocycles. The van der Waals surface area contributed by atoms with Crippen molar-refractivity contribution in [1.82, 2.24) is 4.98 Å². The molecule has 0 saturated carbocycles. The molecule has 1 heterocycles. The van der Waals surface area contributed by atoms with E-state index in [1.165, 1.54) is 0 Å². The second kappa shape index (κ2) is 5.34. The number of nitrogens with zero attached hydrogens (tertiary/aromatic N) is 1. The maximum Gasteiger partial charge on any atom is 0.227 e. The van der Waals surface area contributed by atoms with Crippen molar-refractivity contribution in [3.8, 4) is 0 Å². The molecule has 0 radical (unpaired) electrons. The van der Waals surface area contributed by atoms with Crippen LogP contribution in [0.4, 0.5) is 0 Å². The zero-order valence-electron chi connectivity index (χ0n) is 11.9. The number of carbonyl (C=O) groups excluding carboxylic acids is 1. The van der Waals surface area contributed by atoms with Gasteiger partial charge in [0.1, 0.15) is 0 Å². The van der Waals surface area contributed by atoms with E-state index in [-0.39, 0.29) is 5.91 Å². The molecule has 0 aliphatic heterocycles. The van der Waals surface area contributed by atoms with Crippen LogP contribution in [0.15, 0.2) is 12.1 Å². The Morgan fingerprint density at radius 2 is 2.06 bits per heavy atom. The molecule has 18 heavy (non-hydrogen) atoms. The Balaban J connectivity index is 3.50. The van der Waals surface area contributed by atoms with E-state index in [0.717, 1.165) is 28.9 Å². The summed E-state index contributed by atoms with van der Waals surface area (Å²) in [6.45, 7) is 9.68. The Kier molecular flexibility index (Phi) is 4.28. The number of aromatic nitrogens is 1. The van der Waals surface area contributed by atoms with Gasteiger partial charge in [-0.25, -0.2) is 0 Å². The van der Waals surface area contributed by atoms with E-state index in [2.05, 4.69) is 18.0 Å². The quantitative estimate of drug-likeness (QED) is 0.888. The van der Waals surface area contributed by atoms with E-state index in [1.54, 1.807) is 0 Å². The smallest absolute Gasteiger partial charge is 0.227 e. The number of hydrogen-bond donors (Lipinski definition) is 1. The van der Waals surface area contributed by atoms with Gasteiger partial charge in [0.05, 0.1) is 5.41 Å². The lowest BCUT2D eigenvalue weighted by molar-refractivity contribution is -0.122. The maximum atomic E-state index is 11.6. The van der Waals surface area contributed by atoms with E-state index in [4.69, 9.17) is 5.73 Å². The molecular weight excluding hydrogens is 224 g/mol. The summed E-state index contributed by atoms with van der Waals surface area (Å²) < 4.78 is 0. The molecule has 0 aliphatic carbocycles. The number of rotatable bonds is 4. The van der Waals surface area contributed by atoms with Crippen LogP contribution in [0.1, 0.15) is 49.7 Å². The molecule has 1 amide bonds. The van der Waals surface area contributed by atoms with Crippen molar-refractivity contribution in [2.75, 3.05) is 0 Å². The largest absolute Gasteiger partial charge is 0.369 e. The average Bonchev–Trinajstić information content (AvgIpc) is 2.26. The normalized spacial score (nSPS) is 12.1. The number of nitrogens with two attached hydrogens (primary N) is 1. The minimum atomic E-state index is -0.689. The van der Waals surface area contributed by atoms with Crippen molar-refractivity contribution >= 4 is 12.0 Å². The highest BCUT2D eigenvalue weighted by Crippen LogP contribution is 2.29. The summed E-state index contributed by atoms with van der Waals surface area (Å²) in [6, 6.07) is 1.95. The van der Waals surface area contributed by atoms with Crippen LogP contribution >= 0.6 is 0 Å². The highest BCUT2D eigenvalue weighted by molar-refractivity contribution is 5.87. The Morgan fingerprint density at radius 1 is 1.44 bits per heavy atom. The Hall–Kier alpha value is -1.64. The monoisotopic (exact) mass is 246 g/mol. The highest BCUT2D eigenvalue weighted by Gasteiger charge is 2.30. The fourth-order valence-electron chi connectivity index (χ4n) is 1.93. The SMILES string of the molecule is CC/C=C\c1c(C(C)(C)C(N)=O)cc(C)nc1C. The van der Waals surface area contributed by atoms with Gasteiger partial charge in [0.15, 0.2) is 0 Å². The van der Waals surface area contributed by atoms with Crippen molar-refractivity contribution in [2.24, 2.45) is 5.73 Å². The first-order valence-electron chi connectivity index (χ1n) is 6.25. The summed E-state index contributed by atoms with van der Waals surface area (Å²) in [6.07, 6.45) is 5.05. The number of pyridine rings is 1. The molecule has 0 unspecified atom stereocenters. The van der Waals surface area contributed by atoms with Gasteiger partial charge < -0.3 is 5.73 Å². The Morgan fingerprint density at radius 3 is 2.56 bits per heavy atom. The number of amides is 1. The third-order valence-electron chi connectivity index (χ3n) is 3.19. The second-order valence-electron chi connectivity index (χ2n) is 5.11. The topological polar surface area (TPSA) is 56.0 Å². The summed E-state index contributed by atoms with van der Waals surface area (Å²) >= 11 is 0. The van der Waals surface area contributed by atoms with E-state index in [0.29, 0.717) is 0 Å². The molecule has 3 heteroatoms. The number of carbonyl (C=O) groups is 1. The van der Waals surface area contributed by atoms with Crippen LogP contribution in [-0.4, -0.2) is 10.9 Å². The molecule has 0 atom stereocenters. The predicted molar refractivity (Wildman–Crippen MR) is 75.3 cm³/mol. The van der Waals surface area contributed by atoms with E-state index in [9.17, 15) is 4.79 Å². The van der Waals surface area contributed by atoms with Gasteiger partial charge in [-0.05, 0) is 51.3 Å². The van der Waals surface area contributed by atoms with Gasteiger partial charge in [0, 0.05) is 11.4 Å². The molecule has 0 aromatic carbocycles. The fraction of sp³-hybridized carbons (Fsp3) is 0.467. The molecule has 3 nitrogen and oxygen atoms in total. The first-order chi connectivity index (χ1) is 8.30. The molecular formula is C15H22N2O. The molecule has 1 aromatic heterocycles. The molecule has 0 fully saturated rings. The van der Waals surface area contributed by atoms with Gasteiger partial charge >= 0.3 is 0 Å². The molecule has 1 rings (SSSR count). The van der Waals surface area contributed by atoms with Crippen molar-refractivity contribution < 1.29 is 4.79 Å². The maximum absolute atomic E-state index is 11.6. The summed E-state index contributed by atoms with van der Waals surface area (Å²) in [5.41, 5.74) is 8.62. The molecule has 0 aliphatic rings. The summed E-state index contributed by atoms with van der Waals surface area (Å²) in [5, 5.41) is 0. The van der Waals surface area contributed by atoms with Crippen LogP contribution in [0.25, 0.3) is 6.08 Å². The number of allylic oxidation sites excluding steroid dienone is 1. The van der Waals surface area contributed by atoms with Crippen LogP contribution < -0.4 is 5.73 Å². The standard InChI is InChI=1S/C15H22N2O/c1-6-7-8-12-11(3)17-10(2)9-13(12)15(4,5)14(16)18/h7-9H,6H2,1-5H3,(H2,16,18)/b8-7-. The molecule has 2 N–H and O–H groups in total. The Bertz CT molecular complexity index is 488. The first-order valence-corrected chi connectivity index (χ1v) is 6.25. The van der Waals surface area contributed by atoms with Gasteiger partial charge in [-0.3, -0.25) is 9.78 Å². The molecule has 1 aromatic rings. The zero-order chi connectivity index (χ0) is 13.9. The third-order valence-corrected chi connectivity index (χ3v) is 3.19. The van der Waals surface area contributed by atoms with Gasteiger partial charge in [-0.2, -0.15) is 0 Å². The van der Waals surface area contributed by atoms with Gasteiger partial charge in [0.2, 0.25) is 5.91 Å². The van der Waals surface area contributed by atoms with E-state index in [1.807, 2.05) is 39.8 Å². The van der Waals surface area contributed by atoms with Crippen LogP contribution in [0, 0.1) is 13.8 Å². The number of primary amides is 1. The summed E-state index contributed by atoms with van der Waals surface area (Å²) in [4.78, 5) is 16.1. The number of hydrogen-bond acceptors (Lipinski definition) is 2. The summed E-state index contributed by atoms with van der Waals surface area (Å²) in [5.74, 6) is -0.321. The van der Waals surface area contributed by atoms with E-state index < -0.39 is 5.41 Å². The lowest BCUT2D eigenvalue weighted by atomic mass is 9.80. The van der Waals surface area contributed by atoms with Crippen molar-refractivity contribution in [3.63, 3.8) is 0 Å². The molecule has 0 bridgehead atoms. The lowest BCUT2D eigenvalue weighted by Gasteiger charge is -2.24.